The van der Waals surface area contributed by atoms with E-state index in [1.54, 1.807) is 0 Å². The molecule has 2 aliphatic rings. The minimum absolute atomic E-state index is 0.426. The molecule has 16 heavy (non-hydrogen) atoms. The van der Waals surface area contributed by atoms with Crippen LogP contribution in [0.5, 0.6) is 5.75 Å². The second-order valence-electron chi connectivity index (χ2n) is 4.25. The fourth-order valence-electron chi connectivity index (χ4n) is 1.98. The van der Waals surface area contributed by atoms with Gasteiger partial charge in [0, 0.05) is 22.9 Å². The molecule has 0 spiro atoms. The molecule has 0 saturated heterocycles. The molecule has 0 saturated carbocycles. The van der Waals surface area contributed by atoms with Gasteiger partial charge in [0.05, 0.1) is 0 Å². The third kappa shape index (κ3) is 1.43. The third-order valence-corrected chi connectivity index (χ3v) is 2.85. The number of allylic oxidation sites excluding steroid dienone is 3. The fraction of sp³-hybridized carbons (Fsp3) is 0.143. The maximum absolute atomic E-state index is 5.85. The summed E-state index contributed by atoms with van der Waals surface area (Å²) in [7, 11) is 0. The van der Waals surface area contributed by atoms with E-state index < -0.39 is 0 Å². The van der Waals surface area contributed by atoms with Gasteiger partial charge in [0.1, 0.15) is 11.5 Å². The van der Waals surface area contributed by atoms with E-state index >= 15 is 0 Å². The average Bonchev–Trinajstić information content (AvgIpc) is 2.26. The van der Waals surface area contributed by atoms with Crippen molar-refractivity contribution in [2.24, 2.45) is 5.92 Å². The van der Waals surface area contributed by atoms with E-state index in [2.05, 4.69) is 31.2 Å². The molecular weight excluding hydrogens is 198 g/mol. The first kappa shape index (κ1) is 9.28. The van der Waals surface area contributed by atoms with E-state index in [0.717, 1.165) is 28.3 Å². The van der Waals surface area contributed by atoms with Gasteiger partial charge in [-0.25, -0.2) is 0 Å². The molecule has 1 aromatic carbocycles. The van der Waals surface area contributed by atoms with Crippen LogP contribution in [0.15, 0.2) is 47.8 Å². The van der Waals surface area contributed by atoms with Gasteiger partial charge >= 0.3 is 0 Å². The lowest BCUT2D eigenvalue weighted by Crippen LogP contribution is -2.09. The highest BCUT2D eigenvalue weighted by atomic mass is 16.5. The van der Waals surface area contributed by atoms with Crippen molar-refractivity contribution in [3.05, 3.63) is 53.3 Å². The van der Waals surface area contributed by atoms with Crippen LogP contribution >= 0.6 is 0 Å². The zero-order valence-corrected chi connectivity index (χ0v) is 9.10. The maximum atomic E-state index is 5.85. The van der Waals surface area contributed by atoms with E-state index in [-0.39, 0.29) is 0 Å². The molecule has 1 atom stereocenters. The number of hydrogen-bond acceptors (Lipinski definition) is 2. The van der Waals surface area contributed by atoms with Crippen LogP contribution in [0.1, 0.15) is 12.5 Å². The van der Waals surface area contributed by atoms with Crippen molar-refractivity contribution in [2.75, 3.05) is 5.73 Å². The SMILES string of the molecule is CC1C=CC2=Cc3ccc(N)cc3OC2=C1. The predicted molar refractivity (Wildman–Crippen MR) is 65.8 cm³/mol. The summed E-state index contributed by atoms with van der Waals surface area (Å²) in [6.07, 6.45) is 8.53. The van der Waals surface area contributed by atoms with Crippen molar-refractivity contribution in [3.63, 3.8) is 0 Å². The average molecular weight is 211 g/mol. The lowest BCUT2D eigenvalue weighted by atomic mass is 9.96. The van der Waals surface area contributed by atoms with Gasteiger partial charge in [-0.3, -0.25) is 0 Å². The van der Waals surface area contributed by atoms with Gasteiger partial charge in [0.25, 0.3) is 0 Å². The van der Waals surface area contributed by atoms with Gasteiger partial charge in [-0.05, 0) is 30.2 Å². The maximum Gasteiger partial charge on any atom is 0.136 e. The molecule has 3 rings (SSSR count). The lowest BCUT2D eigenvalue weighted by molar-refractivity contribution is 0.427. The van der Waals surface area contributed by atoms with Crippen molar-refractivity contribution in [1.29, 1.82) is 0 Å². The Morgan fingerprint density at radius 3 is 3.06 bits per heavy atom. The van der Waals surface area contributed by atoms with Crippen molar-refractivity contribution < 1.29 is 4.74 Å². The summed E-state index contributed by atoms with van der Waals surface area (Å²) in [5.41, 5.74) is 8.69. The fourth-order valence-corrected chi connectivity index (χ4v) is 1.98. The Kier molecular flexibility index (Phi) is 1.90. The second-order valence-corrected chi connectivity index (χ2v) is 4.25. The van der Waals surface area contributed by atoms with Crippen LogP contribution in [0.3, 0.4) is 0 Å². The molecular formula is C14H13NO. The van der Waals surface area contributed by atoms with E-state index in [1.807, 2.05) is 18.2 Å². The molecule has 0 aromatic heterocycles. The zero-order chi connectivity index (χ0) is 11.1. The minimum Gasteiger partial charge on any atom is -0.456 e. The lowest BCUT2D eigenvalue weighted by Gasteiger charge is -2.22. The second kappa shape index (κ2) is 3.27. The monoisotopic (exact) mass is 211 g/mol. The Morgan fingerprint density at radius 1 is 1.31 bits per heavy atom. The Morgan fingerprint density at radius 2 is 2.19 bits per heavy atom. The summed E-state index contributed by atoms with van der Waals surface area (Å²) in [6.45, 7) is 2.14. The van der Waals surface area contributed by atoms with Gasteiger partial charge in [-0.15, -0.1) is 0 Å². The molecule has 80 valence electrons. The van der Waals surface area contributed by atoms with Crippen molar-refractivity contribution in [2.45, 2.75) is 6.92 Å². The zero-order valence-electron chi connectivity index (χ0n) is 9.10. The van der Waals surface area contributed by atoms with Crippen molar-refractivity contribution >= 4 is 11.8 Å². The smallest absolute Gasteiger partial charge is 0.136 e. The first-order valence-corrected chi connectivity index (χ1v) is 5.42. The number of ether oxygens (including phenoxy) is 1. The van der Waals surface area contributed by atoms with Crippen LogP contribution in [-0.2, 0) is 0 Å². The minimum atomic E-state index is 0.426. The molecule has 0 fully saturated rings. The third-order valence-electron chi connectivity index (χ3n) is 2.85. The number of anilines is 1. The molecule has 1 aromatic rings. The molecule has 0 radical (unpaired) electrons. The highest BCUT2D eigenvalue weighted by molar-refractivity contribution is 5.72. The van der Waals surface area contributed by atoms with Crippen LogP contribution < -0.4 is 10.5 Å². The van der Waals surface area contributed by atoms with Crippen LogP contribution in [-0.4, -0.2) is 0 Å². The molecule has 1 aliphatic carbocycles. The van der Waals surface area contributed by atoms with E-state index in [1.165, 1.54) is 0 Å². The first-order chi connectivity index (χ1) is 7.72. The van der Waals surface area contributed by atoms with Gasteiger partial charge in [0.2, 0.25) is 0 Å². The highest BCUT2D eigenvalue weighted by Gasteiger charge is 2.18. The van der Waals surface area contributed by atoms with Crippen molar-refractivity contribution in [3.8, 4) is 5.75 Å². The van der Waals surface area contributed by atoms with Gasteiger partial charge in [-0.2, -0.15) is 0 Å². The number of rotatable bonds is 0. The van der Waals surface area contributed by atoms with E-state index in [0.29, 0.717) is 5.92 Å². The number of nitrogens with two attached hydrogens (primary N) is 1. The van der Waals surface area contributed by atoms with Crippen molar-refractivity contribution in [1.82, 2.24) is 0 Å². The summed E-state index contributed by atoms with van der Waals surface area (Å²) in [5, 5.41) is 0. The molecule has 2 heteroatoms. The van der Waals surface area contributed by atoms with Gasteiger partial charge < -0.3 is 10.5 Å². The first-order valence-electron chi connectivity index (χ1n) is 5.42. The molecule has 0 amide bonds. The van der Waals surface area contributed by atoms with Gasteiger partial charge in [0.15, 0.2) is 0 Å². The highest BCUT2D eigenvalue weighted by Crippen LogP contribution is 2.35. The Bertz CT molecular complexity index is 538. The van der Waals surface area contributed by atoms with Crippen LogP contribution in [0.25, 0.3) is 6.08 Å². The Hall–Kier alpha value is -1.96. The Balaban J connectivity index is 2.12. The number of fused-ring (bicyclic) bond motifs is 2. The van der Waals surface area contributed by atoms with Gasteiger partial charge in [-0.1, -0.05) is 19.1 Å². The van der Waals surface area contributed by atoms with Crippen LogP contribution in [0.4, 0.5) is 5.69 Å². The summed E-state index contributed by atoms with van der Waals surface area (Å²) in [6, 6.07) is 5.75. The molecule has 1 heterocycles. The molecule has 1 unspecified atom stereocenters. The summed E-state index contributed by atoms with van der Waals surface area (Å²) < 4.78 is 5.85. The number of benzene rings is 1. The topological polar surface area (TPSA) is 35.2 Å². The van der Waals surface area contributed by atoms with Crippen LogP contribution in [0.2, 0.25) is 0 Å². The molecule has 1 aliphatic heterocycles. The van der Waals surface area contributed by atoms with E-state index in [9.17, 15) is 0 Å². The predicted octanol–water partition coefficient (Wildman–Crippen LogP) is 3.13. The summed E-state index contributed by atoms with van der Waals surface area (Å²) in [5.74, 6) is 2.21. The number of nitrogen functional groups attached to an aromatic ring is 1. The molecule has 0 bridgehead atoms. The summed E-state index contributed by atoms with van der Waals surface area (Å²) >= 11 is 0. The molecule has 2 N–H and O–H groups in total. The molecule has 2 nitrogen and oxygen atoms in total. The van der Waals surface area contributed by atoms with Crippen LogP contribution in [0, 0.1) is 5.92 Å². The quantitative estimate of drug-likeness (QED) is 0.669. The summed E-state index contributed by atoms with van der Waals surface area (Å²) in [4.78, 5) is 0. The van der Waals surface area contributed by atoms with E-state index in [4.69, 9.17) is 10.5 Å². The largest absolute Gasteiger partial charge is 0.456 e. The normalized spacial score (nSPS) is 21.4. The standard InChI is InChI=1S/C14H13NO/c1-9-2-3-10-7-11-4-5-12(15)8-14(11)16-13(10)6-9/h2-9H,15H2,1H3. The Labute approximate surface area is 94.7 Å². The number of hydrogen-bond donors (Lipinski definition) is 1.